The van der Waals surface area contributed by atoms with E-state index in [0.29, 0.717) is 0 Å². The second-order valence-corrected chi connectivity index (χ2v) is 5.05. The number of rotatable bonds is 8. The first-order chi connectivity index (χ1) is 9.83. The number of hydrogen-bond donors (Lipinski definition) is 1. The first-order valence-corrected chi connectivity index (χ1v) is 7.61. The van der Waals surface area contributed by atoms with Gasteiger partial charge in [-0.15, -0.1) is 0 Å². The number of aromatic nitrogens is 1. The highest BCUT2D eigenvalue weighted by atomic mass is 15.1. The first-order valence-electron chi connectivity index (χ1n) is 7.61. The third-order valence-electron chi connectivity index (χ3n) is 3.68. The van der Waals surface area contributed by atoms with Gasteiger partial charge >= 0.3 is 0 Å². The number of fused-ring (bicyclic) bond motifs is 1. The minimum Gasteiger partial charge on any atom is -0.311 e. The Morgan fingerprint density at radius 2 is 1.85 bits per heavy atom. The third kappa shape index (κ3) is 4.29. The van der Waals surface area contributed by atoms with Crippen molar-refractivity contribution in [3.63, 3.8) is 0 Å². The molecular weight excluding hydrogens is 246 g/mol. The van der Waals surface area contributed by atoms with Crippen LogP contribution in [0.1, 0.15) is 26.0 Å². The van der Waals surface area contributed by atoms with Gasteiger partial charge in [0.05, 0.1) is 11.2 Å². The van der Waals surface area contributed by atoms with Gasteiger partial charge in [0.1, 0.15) is 0 Å². The topological polar surface area (TPSA) is 28.2 Å². The maximum atomic E-state index is 4.67. The average Bonchev–Trinajstić information content (AvgIpc) is 2.51. The first kappa shape index (κ1) is 14.9. The van der Waals surface area contributed by atoms with E-state index in [4.69, 9.17) is 0 Å². The molecule has 0 bridgehead atoms. The SMILES string of the molecule is CCN(CC)CCCNCc1ccc2ccccc2n1. The zero-order chi connectivity index (χ0) is 14.2. The molecule has 1 N–H and O–H groups in total. The van der Waals surface area contributed by atoms with Crippen LogP contribution in [0.15, 0.2) is 36.4 Å². The van der Waals surface area contributed by atoms with E-state index >= 15 is 0 Å². The van der Waals surface area contributed by atoms with Crippen molar-refractivity contribution in [2.45, 2.75) is 26.8 Å². The molecule has 108 valence electrons. The number of nitrogens with zero attached hydrogens (tertiary/aromatic N) is 2. The van der Waals surface area contributed by atoms with Crippen LogP contribution in [0.25, 0.3) is 10.9 Å². The quantitative estimate of drug-likeness (QED) is 0.748. The van der Waals surface area contributed by atoms with Gasteiger partial charge in [-0.3, -0.25) is 4.98 Å². The lowest BCUT2D eigenvalue weighted by Gasteiger charge is -2.17. The minimum atomic E-state index is 0.850. The average molecular weight is 271 g/mol. The lowest BCUT2D eigenvalue weighted by atomic mass is 10.2. The van der Waals surface area contributed by atoms with E-state index < -0.39 is 0 Å². The van der Waals surface area contributed by atoms with E-state index in [1.54, 1.807) is 0 Å². The van der Waals surface area contributed by atoms with Gasteiger partial charge in [0.2, 0.25) is 0 Å². The van der Waals surface area contributed by atoms with Crippen LogP contribution in [0.2, 0.25) is 0 Å². The molecule has 2 aromatic rings. The lowest BCUT2D eigenvalue weighted by molar-refractivity contribution is 0.298. The molecule has 0 unspecified atom stereocenters. The fourth-order valence-electron chi connectivity index (χ4n) is 2.39. The Morgan fingerprint density at radius 1 is 1.05 bits per heavy atom. The molecule has 3 nitrogen and oxygen atoms in total. The summed E-state index contributed by atoms with van der Waals surface area (Å²) in [6.07, 6.45) is 1.19. The Kier molecular flexibility index (Phi) is 5.96. The molecule has 20 heavy (non-hydrogen) atoms. The van der Waals surface area contributed by atoms with Crippen molar-refractivity contribution in [3.8, 4) is 0 Å². The predicted octanol–water partition coefficient (Wildman–Crippen LogP) is 3.06. The molecule has 0 spiro atoms. The largest absolute Gasteiger partial charge is 0.311 e. The van der Waals surface area contributed by atoms with Gasteiger partial charge in [-0.05, 0) is 44.7 Å². The van der Waals surface area contributed by atoms with E-state index in [-0.39, 0.29) is 0 Å². The van der Waals surface area contributed by atoms with Crippen molar-refractivity contribution in [2.24, 2.45) is 0 Å². The molecule has 0 saturated carbocycles. The van der Waals surface area contributed by atoms with Crippen molar-refractivity contribution >= 4 is 10.9 Å². The maximum Gasteiger partial charge on any atom is 0.0705 e. The molecule has 0 aliphatic heterocycles. The molecule has 0 aliphatic rings. The molecule has 0 radical (unpaired) electrons. The Hall–Kier alpha value is -1.45. The number of benzene rings is 1. The summed E-state index contributed by atoms with van der Waals surface area (Å²) in [6.45, 7) is 9.79. The van der Waals surface area contributed by atoms with Crippen LogP contribution in [0.3, 0.4) is 0 Å². The number of nitrogens with one attached hydrogen (secondary N) is 1. The van der Waals surface area contributed by atoms with Gasteiger partial charge in [0.25, 0.3) is 0 Å². The Morgan fingerprint density at radius 3 is 2.65 bits per heavy atom. The van der Waals surface area contributed by atoms with Crippen LogP contribution in [0.5, 0.6) is 0 Å². The van der Waals surface area contributed by atoms with Crippen molar-refractivity contribution < 1.29 is 0 Å². The summed E-state index contributed by atoms with van der Waals surface area (Å²) in [5.74, 6) is 0. The highest BCUT2D eigenvalue weighted by Gasteiger charge is 1.99. The summed E-state index contributed by atoms with van der Waals surface area (Å²) >= 11 is 0. The molecule has 0 fully saturated rings. The molecule has 0 atom stereocenters. The van der Waals surface area contributed by atoms with E-state index in [1.807, 2.05) is 6.07 Å². The molecule has 1 heterocycles. The molecule has 0 amide bonds. The van der Waals surface area contributed by atoms with Gasteiger partial charge in [0, 0.05) is 11.9 Å². The number of pyridine rings is 1. The van der Waals surface area contributed by atoms with Gasteiger partial charge in [-0.2, -0.15) is 0 Å². The minimum absolute atomic E-state index is 0.850. The monoisotopic (exact) mass is 271 g/mol. The summed E-state index contributed by atoms with van der Waals surface area (Å²) in [5, 5.41) is 4.69. The van der Waals surface area contributed by atoms with Crippen LogP contribution in [0, 0.1) is 0 Å². The van der Waals surface area contributed by atoms with Crippen molar-refractivity contribution in [1.82, 2.24) is 15.2 Å². The van der Waals surface area contributed by atoms with Gasteiger partial charge in [-0.1, -0.05) is 38.1 Å². The second kappa shape index (κ2) is 7.98. The van der Waals surface area contributed by atoms with E-state index in [1.165, 1.54) is 18.4 Å². The Labute approximate surface area is 122 Å². The van der Waals surface area contributed by atoms with Crippen LogP contribution < -0.4 is 5.32 Å². The number of para-hydroxylation sites is 1. The van der Waals surface area contributed by atoms with Crippen LogP contribution >= 0.6 is 0 Å². The Balaban J connectivity index is 1.75. The maximum absolute atomic E-state index is 4.67. The highest BCUT2D eigenvalue weighted by Crippen LogP contribution is 2.11. The lowest BCUT2D eigenvalue weighted by Crippen LogP contribution is -2.27. The van der Waals surface area contributed by atoms with Gasteiger partial charge in [0.15, 0.2) is 0 Å². The molecule has 1 aromatic carbocycles. The smallest absolute Gasteiger partial charge is 0.0705 e. The summed E-state index contributed by atoms with van der Waals surface area (Å²) < 4.78 is 0. The van der Waals surface area contributed by atoms with Gasteiger partial charge in [-0.25, -0.2) is 0 Å². The van der Waals surface area contributed by atoms with Crippen LogP contribution in [-0.2, 0) is 6.54 Å². The second-order valence-electron chi connectivity index (χ2n) is 5.05. The van der Waals surface area contributed by atoms with Crippen molar-refractivity contribution in [3.05, 3.63) is 42.1 Å². The molecule has 1 aromatic heterocycles. The normalized spacial score (nSPS) is 11.3. The fraction of sp³-hybridized carbons (Fsp3) is 0.471. The van der Waals surface area contributed by atoms with E-state index in [9.17, 15) is 0 Å². The highest BCUT2D eigenvalue weighted by molar-refractivity contribution is 5.78. The van der Waals surface area contributed by atoms with E-state index in [2.05, 4.69) is 59.4 Å². The van der Waals surface area contributed by atoms with Crippen molar-refractivity contribution in [1.29, 1.82) is 0 Å². The number of hydrogen-bond acceptors (Lipinski definition) is 3. The summed E-state index contributed by atoms with van der Waals surface area (Å²) in [6, 6.07) is 12.5. The van der Waals surface area contributed by atoms with Crippen LogP contribution in [-0.4, -0.2) is 36.1 Å². The zero-order valence-corrected chi connectivity index (χ0v) is 12.6. The molecular formula is C17H25N3. The summed E-state index contributed by atoms with van der Waals surface area (Å²) in [5.41, 5.74) is 2.20. The third-order valence-corrected chi connectivity index (χ3v) is 3.68. The standard InChI is InChI=1S/C17H25N3/c1-3-20(4-2)13-7-12-18-14-16-11-10-15-8-5-6-9-17(15)19-16/h5-6,8-11,18H,3-4,7,12-14H2,1-2H3. The van der Waals surface area contributed by atoms with Crippen LogP contribution in [0.4, 0.5) is 0 Å². The zero-order valence-electron chi connectivity index (χ0n) is 12.6. The molecule has 0 aliphatic carbocycles. The molecule has 3 heteroatoms. The summed E-state index contributed by atoms with van der Waals surface area (Å²) in [7, 11) is 0. The van der Waals surface area contributed by atoms with Crippen molar-refractivity contribution in [2.75, 3.05) is 26.2 Å². The molecule has 0 saturated heterocycles. The predicted molar refractivity (Wildman–Crippen MR) is 85.9 cm³/mol. The van der Waals surface area contributed by atoms with Gasteiger partial charge < -0.3 is 10.2 Å². The molecule has 2 rings (SSSR count). The Bertz CT molecular complexity index is 520. The summed E-state index contributed by atoms with van der Waals surface area (Å²) in [4.78, 5) is 7.12. The fourth-order valence-corrected chi connectivity index (χ4v) is 2.39. The van der Waals surface area contributed by atoms with E-state index in [0.717, 1.165) is 37.4 Å².